The summed E-state index contributed by atoms with van der Waals surface area (Å²) in [6, 6.07) is 3.76. The largest absolute Gasteiger partial charge is 0.467 e. The first-order valence-corrected chi connectivity index (χ1v) is 9.10. The number of likely N-dealkylation sites (tertiary alicyclic amines) is 1. The molecule has 0 bridgehead atoms. The number of hydrogen-bond donors (Lipinski definition) is 2. The molecule has 7 heteroatoms. The lowest BCUT2D eigenvalue weighted by atomic mass is 9.95. The molecule has 2 heterocycles. The Kier molecular flexibility index (Phi) is 8.31. The van der Waals surface area contributed by atoms with Crippen LogP contribution in [0.15, 0.2) is 27.8 Å². The minimum absolute atomic E-state index is 0.220. The zero-order valence-corrected chi connectivity index (χ0v) is 15.1. The summed E-state index contributed by atoms with van der Waals surface area (Å²) in [5.41, 5.74) is 5.34. The molecule has 7 nitrogen and oxygen atoms in total. The highest BCUT2D eigenvalue weighted by atomic mass is 16.5. The van der Waals surface area contributed by atoms with Crippen LogP contribution in [-0.4, -0.2) is 49.6 Å². The number of furan rings is 1. The standard InChI is InChI=1S/C18H30N4O3/c1-2-20-18(22-9-3-6-15(13-22)12-17(19)23)21-8-5-10-24-14-16-7-4-11-25-16/h4,7,11,15H,2-3,5-6,8-10,12-14H2,1H3,(H2,19,23)(H,20,21). The van der Waals surface area contributed by atoms with E-state index in [-0.39, 0.29) is 5.91 Å². The van der Waals surface area contributed by atoms with Gasteiger partial charge in [0.1, 0.15) is 12.4 Å². The quantitative estimate of drug-likeness (QED) is 0.402. The van der Waals surface area contributed by atoms with Crippen molar-refractivity contribution in [2.45, 2.75) is 39.2 Å². The van der Waals surface area contributed by atoms with Crippen LogP contribution in [0.25, 0.3) is 0 Å². The molecular formula is C18H30N4O3. The third kappa shape index (κ3) is 7.17. The predicted octanol–water partition coefficient (Wildman–Crippen LogP) is 1.74. The highest BCUT2D eigenvalue weighted by Gasteiger charge is 2.23. The first-order valence-electron chi connectivity index (χ1n) is 9.10. The molecule has 1 fully saturated rings. The van der Waals surface area contributed by atoms with E-state index >= 15 is 0 Å². The number of carbonyl (C=O) groups is 1. The number of amides is 1. The third-order valence-corrected chi connectivity index (χ3v) is 4.18. The van der Waals surface area contributed by atoms with E-state index in [2.05, 4.69) is 17.1 Å². The predicted molar refractivity (Wildman–Crippen MR) is 97.1 cm³/mol. The second-order valence-electron chi connectivity index (χ2n) is 6.35. The van der Waals surface area contributed by atoms with Crippen molar-refractivity contribution in [2.24, 2.45) is 16.6 Å². The van der Waals surface area contributed by atoms with Gasteiger partial charge in [0.2, 0.25) is 5.91 Å². The van der Waals surface area contributed by atoms with Crippen molar-refractivity contribution in [3.8, 4) is 0 Å². The number of piperidine rings is 1. The zero-order valence-electron chi connectivity index (χ0n) is 15.1. The van der Waals surface area contributed by atoms with Gasteiger partial charge in [0.25, 0.3) is 0 Å². The van der Waals surface area contributed by atoms with Crippen molar-refractivity contribution in [1.82, 2.24) is 10.2 Å². The molecule has 0 aromatic carbocycles. The van der Waals surface area contributed by atoms with Gasteiger partial charge in [-0.3, -0.25) is 9.79 Å². The molecule has 1 aromatic heterocycles. The van der Waals surface area contributed by atoms with E-state index in [9.17, 15) is 4.79 Å². The Hall–Kier alpha value is -2.02. The number of ether oxygens (including phenoxy) is 1. The molecule has 25 heavy (non-hydrogen) atoms. The van der Waals surface area contributed by atoms with Gasteiger partial charge in [-0.2, -0.15) is 0 Å². The van der Waals surface area contributed by atoms with Gasteiger partial charge in [-0.05, 0) is 44.2 Å². The normalized spacial score (nSPS) is 18.4. The van der Waals surface area contributed by atoms with Gasteiger partial charge in [0.15, 0.2) is 5.96 Å². The average Bonchev–Trinajstić information content (AvgIpc) is 3.10. The van der Waals surface area contributed by atoms with Crippen LogP contribution in [0.4, 0.5) is 0 Å². The number of guanidine groups is 1. The van der Waals surface area contributed by atoms with Crippen LogP contribution >= 0.6 is 0 Å². The second-order valence-corrected chi connectivity index (χ2v) is 6.35. The summed E-state index contributed by atoms with van der Waals surface area (Å²) in [6.07, 6.45) is 5.08. The van der Waals surface area contributed by atoms with Crippen LogP contribution in [0.1, 0.15) is 38.4 Å². The Balaban J connectivity index is 1.73. The number of nitrogens with one attached hydrogen (secondary N) is 1. The van der Waals surface area contributed by atoms with E-state index in [0.717, 1.165) is 50.6 Å². The number of aliphatic imine (C=N–C) groups is 1. The first kappa shape index (κ1) is 19.3. The maximum Gasteiger partial charge on any atom is 0.217 e. The summed E-state index contributed by atoms with van der Waals surface area (Å²) in [7, 11) is 0. The van der Waals surface area contributed by atoms with E-state index < -0.39 is 0 Å². The third-order valence-electron chi connectivity index (χ3n) is 4.18. The molecule has 0 radical (unpaired) electrons. The van der Waals surface area contributed by atoms with Crippen LogP contribution in [0.5, 0.6) is 0 Å². The van der Waals surface area contributed by atoms with Gasteiger partial charge in [0.05, 0.1) is 6.26 Å². The van der Waals surface area contributed by atoms with Gasteiger partial charge >= 0.3 is 0 Å². The van der Waals surface area contributed by atoms with Crippen LogP contribution < -0.4 is 11.1 Å². The molecule has 1 aliphatic rings. The molecule has 0 aliphatic carbocycles. The minimum atomic E-state index is -0.220. The minimum Gasteiger partial charge on any atom is -0.467 e. The Morgan fingerprint density at radius 1 is 1.56 bits per heavy atom. The summed E-state index contributed by atoms with van der Waals surface area (Å²) < 4.78 is 10.8. The van der Waals surface area contributed by atoms with Crippen molar-refractivity contribution < 1.29 is 13.9 Å². The van der Waals surface area contributed by atoms with Gasteiger partial charge in [-0.25, -0.2) is 0 Å². The summed E-state index contributed by atoms with van der Waals surface area (Å²) >= 11 is 0. The molecule has 1 aliphatic heterocycles. The lowest BCUT2D eigenvalue weighted by molar-refractivity contribution is -0.119. The second kappa shape index (κ2) is 10.8. The van der Waals surface area contributed by atoms with E-state index in [1.807, 2.05) is 12.1 Å². The van der Waals surface area contributed by atoms with Crippen LogP contribution in [-0.2, 0) is 16.1 Å². The van der Waals surface area contributed by atoms with Crippen molar-refractivity contribution in [2.75, 3.05) is 32.8 Å². The molecule has 1 amide bonds. The lowest BCUT2D eigenvalue weighted by Gasteiger charge is -2.34. The molecule has 140 valence electrons. The fourth-order valence-corrected chi connectivity index (χ4v) is 3.05. The molecule has 2 rings (SSSR count). The summed E-state index contributed by atoms with van der Waals surface area (Å²) in [4.78, 5) is 18.1. The van der Waals surface area contributed by atoms with E-state index in [4.69, 9.17) is 19.9 Å². The van der Waals surface area contributed by atoms with Crippen molar-refractivity contribution in [3.05, 3.63) is 24.2 Å². The maximum atomic E-state index is 11.2. The van der Waals surface area contributed by atoms with Gasteiger partial charge < -0.3 is 25.1 Å². The van der Waals surface area contributed by atoms with Gasteiger partial charge in [-0.1, -0.05) is 0 Å². The average molecular weight is 350 g/mol. The van der Waals surface area contributed by atoms with Gasteiger partial charge in [0, 0.05) is 39.2 Å². The molecule has 1 aromatic rings. The Morgan fingerprint density at radius 3 is 3.16 bits per heavy atom. The maximum absolute atomic E-state index is 11.2. The zero-order chi connectivity index (χ0) is 17.9. The smallest absolute Gasteiger partial charge is 0.217 e. The summed E-state index contributed by atoms with van der Waals surface area (Å²) in [6.45, 7) is 6.54. The van der Waals surface area contributed by atoms with Crippen molar-refractivity contribution in [1.29, 1.82) is 0 Å². The molecule has 0 saturated carbocycles. The Morgan fingerprint density at radius 2 is 2.44 bits per heavy atom. The number of carbonyl (C=O) groups excluding carboxylic acids is 1. The number of hydrogen-bond acceptors (Lipinski definition) is 4. The molecular weight excluding hydrogens is 320 g/mol. The molecule has 0 spiro atoms. The SMILES string of the molecule is CCNC(=NCCCOCc1ccco1)N1CCCC(CC(N)=O)C1. The van der Waals surface area contributed by atoms with Crippen molar-refractivity contribution in [3.63, 3.8) is 0 Å². The van der Waals surface area contributed by atoms with E-state index in [0.29, 0.717) is 32.1 Å². The molecule has 1 atom stereocenters. The monoisotopic (exact) mass is 350 g/mol. The van der Waals surface area contributed by atoms with Crippen molar-refractivity contribution >= 4 is 11.9 Å². The highest BCUT2D eigenvalue weighted by molar-refractivity contribution is 5.80. The summed E-state index contributed by atoms with van der Waals surface area (Å²) in [5.74, 6) is 1.86. The number of nitrogens with zero attached hydrogens (tertiary/aromatic N) is 2. The number of nitrogens with two attached hydrogens (primary N) is 1. The van der Waals surface area contributed by atoms with Crippen LogP contribution in [0.2, 0.25) is 0 Å². The molecule has 1 saturated heterocycles. The Bertz CT molecular complexity index is 530. The highest BCUT2D eigenvalue weighted by Crippen LogP contribution is 2.19. The fourth-order valence-electron chi connectivity index (χ4n) is 3.05. The number of rotatable bonds is 9. The van der Waals surface area contributed by atoms with Crippen LogP contribution in [0.3, 0.4) is 0 Å². The molecule has 1 unspecified atom stereocenters. The van der Waals surface area contributed by atoms with Crippen LogP contribution in [0, 0.1) is 5.92 Å². The molecule has 3 N–H and O–H groups in total. The van der Waals surface area contributed by atoms with Gasteiger partial charge in [-0.15, -0.1) is 0 Å². The first-order chi connectivity index (χ1) is 12.2. The summed E-state index contributed by atoms with van der Waals surface area (Å²) in [5, 5.41) is 3.34. The topological polar surface area (TPSA) is 93.1 Å². The van der Waals surface area contributed by atoms with E-state index in [1.165, 1.54) is 0 Å². The lowest BCUT2D eigenvalue weighted by Crippen LogP contribution is -2.47. The number of primary amides is 1. The Labute approximate surface area is 149 Å². The van der Waals surface area contributed by atoms with E-state index in [1.54, 1.807) is 6.26 Å². The fraction of sp³-hybridized carbons (Fsp3) is 0.667.